The summed E-state index contributed by atoms with van der Waals surface area (Å²) in [6, 6.07) is 8.50. The van der Waals surface area contributed by atoms with E-state index in [-0.39, 0.29) is 5.41 Å². The first-order valence-corrected chi connectivity index (χ1v) is 7.45. The highest BCUT2D eigenvalue weighted by atomic mass is 32.2. The van der Waals surface area contributed by atoms with E-state index in [0.29, 0.717) is 5.84 Å². The van der Waals surface area contributed by atoms with Crippen molar-refractivity contribution in [3.8, 4) is 0 Å². The molecule has 0 aromatic heterocycles. The number of rotatable bonds is 7. The number of nitrogens with two attached hydrogens (primary N) is 1. The first kappa shape index (κ1) is 15.1. The molecule has 3 N–H and O–H groups in total. The molecule has 1 aromatic carbocycles. The van der Waals surface area contributed by atoms with E-state index >= 15 is 0 Å². The quantitative estimate of drug-likeness (QED) is 0.335. The fourth-order valence-corrected chi connectivity index (χ4v) is 2.74. The SMILES string of the molecule is Cc1ccccc1SCCCCC(C)(C)C(=N)N. The number of amidine groups is 1. The number of thioether (sulfide) groups is 1. The number of hydrogen-bond donors (Lipinski definition) is 2. The Bertz CT molecular complexity index is 399. The van der Waals surface area contributed by atoms with Gasteiger partial charge in [0.1, 0.15) is 0 Å². The highest BCUT2D eigenvalue weighted by Crippen LogP contribution is 2.26. The zero-order chi connectivity index (χ0) is 13.6. The third kappa shape index (κ3) is 4.73. The van der Waals surface area contributed by atoms with E-state index in [0.717, 1.165) is 18.6 Å². The van der Waals surface area contributed by atoms with Crippen molar-refractivity contribution in [3.05, 3.63) is 29.8 Å². The Hall–Kier alpha value is -0.960. The van der Waals surface area contributed by atoms with Crippen LogP contribution in [0.3, 0.4) is 0 Å². The van der Waals surface area contributed by atoms with Crippen LogP contribution < -0.4 is 5.73 Å². The molecule has 1 aromatic rings. The van der Waals surface area contributed by atoms with Crippen LogP contribution in [0.1, 0.15) is 38.7 Å². The molecular weight excluding hydrogens is 240 g/mol. The van der Waals surface area contributed by atoms with E-state index < -0.39 is 0 Å². The standard InChI is InChI=1S/C15H24N2S/c1-12-8-4-5-9-13(12)18-11-7-6-10-15(2,3)14(16)17/h4-5,8-9H,6-7,10-11H2,1-3H3,(H3,16,17). The van der Waals surface area contributed by atoms with Gasteiger partial charge in [0, 0.05) is 10.3 Å². The Morgan fingerprint density at radius 3 is 2.56 bits per heavy atom. The van der Waals surface area contributed by atoms with Gasteiger partial charge in [0.2, 0.25) is 0 Å². The molecule has 0 aliphatic rings. The Kier molecular flexibility index (Phi) is 5.73. The van der Waals surface area contributed by atoms with Crippen LogP contribution in [-0.2, 0) is 0 Å². The molecule has 0 saturated heterocycles. The fourth-order valence-electron chi connectivity index (χ4n) is 1.70. The highest BCUT2D eigenvalue weighted by molar-refractivity contribution is 7.99. The molecule has 0 amide bonds. The summed E-state index contributed by atoms with van der Waals surface area (Å²) in [4.78, 5) is 1.38. The van der Waals surface area contributed by atoms with Gasteiger partial charge in [-0.15, -0.1) is 11.8 Å². The first-order valence-electron chi connectivity index (χ1n) is 6.46. The molecule has 0 atom stereocenters. The normalized spacial score (nSPS) is 11.5. The number of hydrogen-bond acceptors (Lipinski definition) is 2. The zero-order valence-electron chi connectivity index (χ0n) is 11.6. The lowest BCUT2D eigenvalue weighted by molar-refractivity contribution is 0.448. The molecule has 0 aliphatic carbocycles. The van der Waals surface area contributed by atoms with Gasteiger partial charge in [-0.1, -0.05) is 38.5 Å². The molecule has 2 nitrogen and oxygen atoms in total. The Balaban J connectivity index is 2.24. The maximum absolute atomic E-state index is 7.51. The zero-order valence-corrected chi connectivity index (χ0v) is 12.4. The van der Waals surface area contributed by atoms with Crippen LogP contribution in [0, 0.1) is 17.7 Å². The smallest absolute Gasteiger partial charge is 0.0963 e. The summed E-state index contributed by atoms with van der Waals surface area (Å²) < 4.78 is 0. The van der Waals surface area contributed by atoms with Crippen molar-refractivity contribution < 1.29 is 0 Å². The molecular formula is C15H24N2S. The van der Waals surface area contributed by atoms with Crippen molar-refractivity contribution >= 4 is 17.6 Å². The second-order valence-electron chi connectivity index (χ2n) is 5.37. The molecule has 3 heteroatoms. The van der Waals surface area contributed by atoms with Crippen LogP contribution in [0.15, 0.2) is 29.2 Å². The molecule has 0 heterocycles. The minimum atomic E-state index is -0.146. The van der Waals surface area contributed by atoms with Gasteiger partial charge in [0.25, 0.3) is 0 Å². The van der Waals surface area contributed by atoms with Gasteiger partial charge in [-0.25, -0.2) is 0 Å². The Morgan fingerprint density at radius 2 is 1.94 bits per heavy atom. The summed E-state index contributed by atoms with van der Waals surface area (Å²) in [6.45, 7) is 6.24. The average molecular weight is 264 g/mol. The third-order valence-corrected chi connectivity index (χ3v) is 4.54. The number of nitrogens with one attached hydrogen (secondary N) is 1. The van der Waals surface area contributed by atoms with Crippen molar-refractivity contribution in [2.45, 2.75) is 44.9 Å². The second kappa shape index (κ2) is 6.83. The molecule has 0 saturated carbocycles. The molecule has 0 bridgehead atoms. The Morgan fingerprint density at radius 1 is 1.28 bits per heavy atom. The molecule has 0 fully saturated rings. The lowest BCUT2D eigenvalue weighted by atomic mass is 9.86. The summed E-state index contributed by atoms with van der Waals surface area (Å²) in [7, 11) is 0. The molecule has 0 radical (unpaired) electrons. The predicted octanol–water partition coefficient (Wildman–Crippen LogP) is 4.22. The summed E-state index contributed by atoms with van der Waals surface area (Å²) in [5.41, 5.74) is 6.78. The van der Waals surface area contributed by atoms with Gasteiger partial charge in [0.05, 0.1) is 5.84 Å². The molecule has 0 unspecified atom stereocenters. The minimum absolute atomic E-state index is 0.146. The highest BCUT2D eigenvalue weighted by Gasteiger charge is 2.20. The van der Waals surface area contributed by atoms with Gasteiger partial charge in [-0.2, -0.15) is 0 Å². The van der Waals surface area contributed by atoms with Crippen LogP contribution in [-0.4, -0.2) is 11.6 Å². The monoisotopic (exact) mass is 264 g/mol. The number of benzene rings is 1. The van der Waals surface area contributed by atoms with E-state index in [1.54, 1.807) is 0 Å². The van der Waals surface area contributed by atoms with Crippen molar-refractivity contribution in [1.29, 1.82) is 5.41 Å². The van der Waals surface area contributed by atoms with E-state index in [1.807, 2.05) is 25.6 Å². The van der Waals surface area contributed by atoms with Crippen LogP contribution in [0.5, 0.6) is 0 Å². The van der Waals surface area contributed by atoms with Gasteiger partial charge in [0.15, 0.2) is 0 Å². The van der Waals surface area contributed by atoms with E-state index in [2.05, 4.69) is 31.2 Å². The third-order valence-electron chi connectivity index (χ3n) is 3.28. The predicted molar refractivity (Wildman–Crippen MR) is 81.4 cm³/mol. The van der Waals surface area contributed by atoms with E-state index in [4.69, 9.17) is 11.1 Å². The summed E-state index contributed by atoms with van der Waals surface area (Å²) in [5.74, 6) is 1.44. The maximum Gasteiger partial charge on any atom is 0.0963 e. The lowest BCUT2D eigenvalue weighted by Crippen LogP contribution is -2.30. The van der Waals surface area contributed by atoms with Crippen LogP contribution in [0.25, 0.3) is 0 Å². The van der Waals surface area contributed by atoms with E-state index in [1.165, 1.54) is 16.9 Å². The second-order valence-corrected chi connectivity index (χ2v) is 6.51. The van der Waals surface area contributed by atoms with Crippen LogP contribution in [0.2, 0.25) is 0 Å². The average Bonchev–Trinajstić information content (AvgIpc) is 2.30. The van der Waals surface area contributed by atoms with Crippen molar-refractivity contribution in [1.82, 2.24) is 0 Å². The molecule has 1 rings (SSSR count). The number of aryl methyl sites for hydroxylation is 1. The van der Waals surface area contributed by atoms with Crippen LogP contribution in [0.4, 0.5) is 0 Å². The topological polar surface area (TPSA) is 49.9 Å². The Labute approximate surface area is 115 Å². The van der Waals surface area contributed by atoms with Gasteiger partial charge < -0.3 is 5.73 Å². The fraction of sp³-hybridized carbons (Fsp3) is 0.533. The molecule has 18 heavy (non-hydrogen) atoms. The first-order chi connectivity index (χ1) is 8.43. The largest absolute Gasteiger partial charge is 0.387 e. The number of unbranched alkanes of at least 4 members (excludes halogenated alkanes) is 1. The van der Waals surface area contributed by atoms with E-state index in [9.17, 15) is 0 Å². The van der Waals surface area contributed by atoms with Gasteiger partial charge in [-0.3, -0.25) is 5.41 Å². The summed E-state index contributed by atoms with van der Waals surface area (Å²) in [6.07, 6.45) is 3.30. The molecule has 100 valence electrons. The minimum Gasteiger partial charge on any atom is -0.387 e. The van der Waals surface area contributed by atoms with Crippen molar-refractivity contribution in [2.24, 2.45) is 11.1 Å². The summed E-state index contributed by atoms with van der Waals surface area (Å²) in [5, 5.41) is 7.51. The van der Waals surface area contributed by atoms with Crippen LogP contribution >= 0.6 is 11.8 Å². The summed E-state index contributed by atoms with van der Waals surface area (Å²) >= 11 is 1.92. The molecule has 0 spiro atoms. The van der Waals surface area contributed by atoms with Crippen molar-refractivity contribution in [3.63, 3.8) is 0 Å². The molecule has 0 aliphatic heterocycles. The maximum atomic E-state index is 7.51. The van der Waals surface area contributed by atoms with Gasteiger partial charge in [-0.05, 0) is 37.1 Å². The lowest BCUT2D eigenvalue weighted by Gasteiger charge is -2.22. The van der Waals surface area contributed by atoms with Crippen molar-refractivity contribution in [2.75, 3.05) is 5.75 Å². The van der Waals surface area contributed by atoms with Gasteiger partial charge >= 0.3 is 0 Å².